The minimum atomic E-state index is -0.305. The molecule has 0 saturated carbocycles. The Labute approximate surface area is 165 Å². The molecular formula is C23H26N2O3. The van der Waals surface area contributed by atoms with Gasteiger partial charge in [-0.15, -0.1) is 0 Å². The normalized spacial score (nSPS) is 21.5. The predicted octanol–water partition coefficient (Wildman–Crippen LogP) is 3.11. The molecule has 0 unspecified atom stereocenters. The molecule has 4 rings (SSSR count). The first-order chi connectivity index (χ1) is 13.6. The van der Waals surface area contributed by atoms with Crippen molar-refractivity contribution < 1.29 is 14.3 Å². The van der Waals surface area contributed by atoms with E-state index in [0.717, 1.165) is 50.0 Å². The lowest BCUT2D eigenvalue weighted by Crippen LogP contribution is -2.50. The summed E-state index contributed by atoms with van der Waals surface area (Å²) >= 11 is 0. The van der Waals surface area contributed by atoms with E-state index in [1.807, 2.05) is 48.5 Å². The molecule has 2 fully saturated rings. The molecule has 2 aliphatic rings. The van der Waals surface area contributed by atoms with Crippen LogP contribution in [0.1, 0.15) is 46.7 Å². The maximum absolute atomic E-state index is 12.6. The molecule has 0 radical (unpaired) electrons. The monoisotopic (exact) mass is 378 g/mol. The highest BCUT2D eigenvalue weighted by molar-refractivity contribution is 5.89. The topological polar surface area (TPSA) is 58.6 Å². The number of nitrogens with zero attached hydrogens (tertiary/aromatic N) is 1. The molecule has 5 heteroatoms. The Morgan fingerprint density at radius 3 is 2.61 bits per heavy atom. The van der Waals surface area contributed by atoms with E-state index in [9.17, 15) is 9.59 Å². The van der Waals surface area contributed by atoms with Crippen molar-refractivity contribution in [3.05, 3.63) is 71.3 Å². The molecule has 1 spiro atoms. The molecule has 0 aliphatic carbocycles. The van der Waals surface area contributed by atoms with Gasteiger partial charge in [-0.05, 0) is 42.5 Å². The minimum Gasteiger partial charge on any atom is -0.465 e. The number of amides is 1. The molecule has 0 aromatic heterocycles. The molecule has 28 heavy (non-hydrogen) atoms. The van der Waals surface area contributed by atoms with Crippen molar-refractivity contribution in [2.24, 2.45) is 0 Å². The first-order valence-corrected chi connectivity index (χ1v) is 9.85. The molecular weight excluding hydrogens is 352 g/mol. The van der Waals surface area contributed by atoms with E-state index < -0.39 is 0 Å². The fraction of sp³-hybridized carbons (Fsp3) is 0.391. The van der Waals surface area contributed by atoms with E-state index in [1.54, 1.807) is 6.07 Å². The quantitative estimate of drug-likeness (QED) is 0.831. The standard InChI is InChI=1S/C23H26N2O3/c1-28-22(27)19-9-5-6-17(14-19)16-25-12-10-23(11-13-25)15-20(21(26)24-23)18-7-3-2-4-8-18/h2-9,14,20H,10-13,15-16H2,1H3,(H,24,26)/t20-/m0/s1. The van der Waals surface area contributed by atoms with Crippen molar-refractivity contribution in [1.29, 1.82) is 0 Å². The van der Waals surface area contributed by atoms with Crippen LogP contribution in [0.5, 0.6) is 0 Å². The van der Waals surface area contributed by atoms with Crippen molar-refractivity contribution in [3.8, 4) is 0 Å². The van der Waals surface area contributed by atoms with Crippen molar-refractivity contribution in [2.75, 3.05) is 20.2 Å². The number of piperidine rings is 1. The molecule has 2 heterocycles. The van der Waals surface area contributed by atoms with Crippen LogP contribution in [0.3, 0.4) is 0 Å². The number of likely N-dealkylation sites (tertiary alicyclic amines) is 1. The summed E-state index contributed by atoms with van der Waals surface area (Å²) in [6.45, 7) is 2.67. The molecule has 1 amide bonds. The van der Waals surface area contributed by atoms with E-state index in [2.05, 4.69) is 10.2 Å². The van der Waals surface area contributed by atoms with Crippen molar-refractivity contribution in [3.63, 3.8) is 0 Å². The van der Waals surface area contributed by atoms with Gasteiger partial charge in [0.2, 0.25) is 5.91 Å². The summed E-state index contributed by atoms with van der Waals surface area (Å²) in [5.74, 6) is -0.185. The van der Waals surface area contributed by atoms with Crippen LogP contribution in [-0.2, 0) is 16.1 Å². The van der Waals surface area contributed by atoms with E-state index in [-0.39, 0.29) is 23.3 Å². The van der Waals surface area contributed by atoms with Crippen LogP contribution in [-0.4, -0.2) is 42.5 Å². The van der Waals surface area contributed by atoms with Crippen molar-refractivity contribution in [1.82, 2.24) is 10.2 Å². The van der Waals surface area contributed by atoms with E-state index in [4.69, 9.17) is 4.74 Å². The third-order valence-electron chi connectivity index (χ3n) is 6.07. The van der Waals surface area contributed by atoms with Gasteiger partial charge in [0, 0.05) is 25.2 Å². The third kappa shape index (κ3) is 3.80. The summed E-state index contributed by atoms with van der Waals surface area (Å²) in [6.07, 6.45) is 2.79. The number of benzene rings is 2. The summed E-state index contributed by atoms with van der Waals surface area (Å²) in [7, 11) is 1.40. The van der Waals surface area contributed by atoms with E-state index >= 15 is 0 Å². The summed E-state index contributed by atoms with van der Waals surface area (Å²) in [4.78, 5) is 26.7. The molecule has 1 N–H and O–H groups in total. The van der Waals surface area contributed by atoms with Gasteiger partial charge >= 0.3 is 5.97 Å². The number of carbonyl (C=O) groups is 2. The lowest BCUT2D eigenvalue weighted by molar-refractivity contribution is -0.121. The summed E-state index contributed by atoms with van der Waals surface area (Å²) < 4.78 is 4.81. The van der Waals surface area contributed by atoms with Crippen LogP contribution in [0.15, 0.2) is 54.6 Å². The Morgan fingerprint density at radius 1 is 1.14 bits per heavy atom. The number of rotatable bonds is 4. The van der Waals surface area contributed by atoms with Crippen LogP contribution in [0.4, 0.5) is 0 Å². The highest BCUT2D eigenvalue weighted by Crippen LogP contribution is 2.39. The van der Waals surface area contributed by atoms with Gasteiger partial charge in [0.15, 0.2) is 0 Å². The zero-order chi connectivity index (χ0) is 19.6. The van der Waals surface area contributed by atoms with Gasteiger partial charge in [-0.25, -0.2) is 4.79 Å². The highest BCUT2D eigenvalue weighted by Gasteiger charge is 2.46. The first kappa shape index (κ1) is 18.7. The Kier molecular flexibility index (Phi) is 5.18. The smallest absolute Gasteiger partial charge is 0.337 e. The average Bonchev–Trinajstić information content (AvgIpc) is 3.06. The number of methoxy groups -OCH3 is 1. The van der Waals surface area contributed by atoms with Gasteiger partial charge < -0.3 is 10.1 Å². The maximum Gasteiger partial charge on any atom is 0.337 e. The Morgan fingerprint density at radius 2 is 1.89 bits per heavy atom. The third-order valence-corrected chi connectivity index (χ3v) is 6.07. The van der Waals surface area contributed by atoms with Crippen LogP contribution in [0.2, 0.25) is 0 Å². The molecule has 2 aliphatic heterocycles. The summed E-state index contributed by atoms with van der Waals surface area (Å²) in [5.41, 5.74) is 2.72. The van der Waals surface area contributed by atoms with Crippen LogP contribution < -0.4 is 5.32 Å². The molecule has 0 bridgehead atoms. The van der Waals surface area contributed by atoms with Crippen molar-refractivity contribution >= 4 is 11.9 Å². The van der Waals surface area contributed by atoms with Gasteiger partial charge in [0.1, 0.15) is 0 Å². The molecule has 146 valence electrons. The number of carbonyl (C=O) groups excluding carboxylic acids is 2. The zero-order valence-corrected chi connectivity index (χ0v) is 16.2. The maximum atomic E-state index is 12.6. The van der Waals surface area contributed by atoms with Crippen LogP contribution in [0, 0.1) is 0 Å². The number of ether oxygens (including phenoxy) is 1. The fourth-order valence-electron chi connectivity index (χ4n) is 4.48. The number of hydrogen-bond acceptors (Lipinski definition) is 4. The highest BCUT2D eigenvalue weighted by atomic mass is 16.5. The molecule has 2 aromatic carbocycles. The molecule has 2 saturated heterocycles. The van der Waals surface area contributed by atoms with E-state index in [1.165, 1.54) is 7.11 Å². The van der Waals surface area contributed by atoms with E-state index in [0.29, 0.717) is 5.56 Å². The predicted molar refractivity (Wildman–Crippen MR) is 107 cm³/mol. The van der Waals surface area contributed by atoms with Gasteiger partial charge in [-0.2, -0.15) is 0 Å². The number of hydrogen-bond donors (Lipinski definition) is 1. The lowest BCUT2D eigenvalue weighted by atomic mass is 9.82. The van der Waals surface area contributed by atoms with Gasteiger partial charge in [-0.1, -0.05) is 42.5 Å². The molecule has 2 aromatic rings. The Hall–Kier alpha value is -2.66. The minimum absolute atomic E-state index is 0.0375. The van der Waals surface area contributed by atoms with Crippen LogP contribution in [0.25, 0.3) is 0 Å². The zero-order valence-electron chi connectivity index (χ0n) is 16.2. The average molecular weight is 378 g/mol. The Bertz CT molecular complexity index is 857. The van der Waals surface area contributed by atoms with Gasteiger partial charge in [0.25, 0.3) is 0 Å². The second kappa shape index (κ2) is 7.76. The van der Waals surface area contributed by atoms with Crippen molar-refractivity contribution in [2.45, 2.75) is 37.3 Å². The van der Waals surface area contributed by atoms with Crippen LogP contribution >= 0.6 is 0 Å². The van der Waals surface area contributed by atoms with Gasteiger partial charge in [0.05, 0.1) is 18.6 Å². The lowest BCUT2D eigenvalue weighted by Gasteiger charge is -2.39. The Balaban J connectivity index is 1.37. The second-order valence-corrected chi connectivity index (χ2v) is 7.91. The van der Waals surface area contributed by atoms with Gasteiger partial charge in [-0.3, -0.25) is 9.69 Å². The largest absolute Gasteiger partial charge is 0.465 e. The number of nitrogens with one attached hydrogen (secondary N) is 1. The SMILES string of the molecule is COC(=O)c1cccc(CN2CCC3(CC2)C[C@@H](c2ccccc2)C(=O)N3)c1. The molecule has 5 nitrogen and oxygen atoms in total. The first-order valence-electron chi connectivity index (χ1n) is 9.85. The summed E-state index contributed by atoms with van der Waals surface area (Å²) in [6, 6.07) is 17.7. The fourth-order valence-corrected chi connectivity index (χ4v) is 4.48. The second-order valence-electron chi connectivity index (χ2n) is 7.91. The summed E-state index contributed by atoms with van der Waals surface area (Å²) in [5, 5.41) is 3.31. The molecule has 1 atom stereocenters. The number of esters is 1.